The normalized spacial score (nSPS) is 20.6. The highest BCUT2D eigenvalue weighted by Gasteiger charge is 2.50. The number of nitrogens with one attached hydrogen (secondary N) is 1. The van der Waals surface area contributed by atoms with Crippen molar-refractivity contribution in [3.8, 4) is 5.75 Å². The van der Waals surface area contributed by atoms with E-state index < -0.39 is 14.6 Å². The number of rotatable bonds is 4. The smallest absolute Gasteiger partial charge is 0.244 e. The van der Waals surface area contributed by atoms with Crippen LogP contribution < -0.4 is 10.1 Å². The van der Waals surface area contributed by atoms with Gasteiger partial charge in [0, 0.05) is 32.2 Å². The molecule has 0 aliphatic carbocycles. The first-order chi connectivity index (χ1) is 12.3. The SMILES string of the molecule is Cc1ccc(OC2CCN(C(=O)C3(S(C)(=O)=O)CCNCC3)CC2)cc1.Cl. The van der Waals surface area contributed by atoms with Crippen molar-refractivity contribution in [1.29, 1.82) is 0 Å². The Bertz CT molecular complexity index is 737. The lowest BCUT2D eigenvalue weighted by Crippen LogP contribution is -2.59. The number of benzene rings is 1. The van der Waals surface area contributed by atoms with Gasteiger partial charge in [0.15, 0.2) is 14.6 Å². The maximum atomic E-state index is 13.1. The first-order valence-electron chi connectivity index (χ1n) is 9.25. The third-order valence-corrected chi connectivity index (χ3v) is 7.57. The summed E-state index contributed by atoms with van der Waals surface area (Å²) in [6.07, 6.45) is 3.40. The van der Waals surface area contributed by atoms with Crippen LogP contribution in [0, 0.1) is 6.92 Å². The van der Waals surface area contributed by atoms with E-state index in [2.05, 4.69) is 5.32 Å². The molecular weight excluding hydrogens is 388 g/mol. The molecule has 152 valence electrons. The van der Waals surface area contributed by atoms with Crippen LogP contribution in [-0.4, -0.2) is 62.5 Å². The topological polar surface area (TPSA) is 75.7 Å². The lowest BCUT2D eigenvalue weighted by molar-refractivity contribution is -0.136. The van der Waals surface area contributed by atoms with E-state index >= 15 is 0 Å². The fourth-order valence-corrected chi connectivity index (χ4v) is 5.24. The molecule has 1 aromatic carbocycles. The number of hydrogen-bond donors (Lipinski definition) is 1. The number of piperidine rings is 2. The summed E-state index contributed by atoms with van der Waals surface area (Å²) in [6.45, 7) is 4.24. The predicted molar refractivity (Wildman–Crippen MR) is 108 cm³/mol. The molecule has 0 aromatic heterocycles. The Kier molecular flexibility index (Phi) is 7.16. The Morgan fingerprint density at radius 1 is 1.15 bits per heavy atom. The number of likely N-dealkylation sites (tertiary alicyclic amines) is 1. The zero-order valence-corrected chi connectivity index (χ0v) is 17.6. The van der Waals surface area contributed by atoms with Crippen LogP contribution in [0.25, 0.3) is 0 Å². The second-order valence-corrected chi connectivity index (χ2v) is 9.76. The lowest BCUT2D eigenvalue weighted by atomic mass is 9.94. The second-order valence-electron chi connectivity index (χ2n) is 7.44. The number of aryl methyl sites for hydroxylation is 1. The molecule has 0 spiro atoms. The minimum atomic E-state index is -3.46. The summed E-state index contributed by atoms with van der Waals surface area (Å²) in [5, 5.41) is 3.15. The van der Waals surface area contributed by atoms with Crippen LogP contribution >= 0.6 is 12.4 Å². The van der Waals surface area contributed by atoms with E-state index in [1.54, 1.807) is 4.90 Å². The van der Waals surface area contributed by atoms with Gasteiger partial charge in [0.25, 0.3) is 0 Å². The van der Waals surface area contributed by atoms with Crippen molar-refractivity contribution in [3.05, 3.63) is 29.8 Å². The summed E-state index contributed by atoms with van der Waals surface area (Å²) < 4.78 is 29.6. The van der Waals surface area contributed by atoms with Gasteiger partial charge < -0.3 is 15.0 Å². The summed E-state index contributed by atoms with van der Waals surface area (Å²) in [7, 11) is -3.46. The van der Waals surface area contributed by atoms with E-state index in [0.29, 0.717) is 39.0 Å². The zero-order valence-electron chi connectivity index (χ0n) is 15.9. The molecular formula is C19H29ClN2O4S. The zero-order chi connectivity index (χ0) is 18.8. The van der Waals surface area contributed by atoms with Gasteiger partial charge in [-0.3, -0.25) is 4.79 Å². The van der Waals surface area contributed by atoms with Crippen molar-refractivity contribution >= 4 is 28.2 Å². The monoisotopic (exact) mass is 416 g/mol. The number of sulfone groups is 1. The van der Waals surface area contributed by atoms with Crippen LogP contribution in [0.3, 0.4) is 0 Å². The Balaban J connectivity index is 0.00000261. The van der Waals surface area contributed by atoms with Gasteiger partial charge in [-0.1, -0.05) is 17.7 Å². The van der Waals surface area contributed by atoms with Crippen molar-refractivity contribution in [3.63, 3.8) is 0 Å². The van der Waals surface area contributed by atoms with Crippen molar-refractivity contribution in [1.82, 2.24) is 10.2 Å². The van der Waals surface area contributed by atoms with Crippen molar-refractivity contribution in [2.24, 2.45) is 0 Å². The van der Waals surface area contributed by atoms with Gasteiger partial charge in [-0.05, 0) is 45.0 Å². The molecule has 1 N–H and O–H groups in total. The summed E-state index contributed by atoms with van der Waals surface area (Å²) >= 11 is 0. The van der Waals surface area contributed by atoms with Crippen LogP contribution in [0.4, 0.5) is 0 Å². The van der Waals surface area contributed by atoms with E-state index in [9.17, 15) is 13.2 Å². The maximum Gasteiger partial charge on any atom is 0.244 e. The molecule has 8 heteroatoms. The number of halogens is 1. The average molecular weight is 417 g/mol. The fraction of sp³-hybridized carbons (Fsp3) is 0.632. The van der Waals surface area contributed by atoms with Crippen LogP contribution in [0.5, 0.6) is 5.75 Å². The van der Waals surface area contributed by atoms with Crippen LogP contribution in [0.1, 0.15) is 31.2 Å². The molecule has 2 heterocycles. The molecule has 0 unspecified atom stereocenters. The average Bonchev–Trinajstić information content (AvgIpc) is 2.63. The minimum absolute atomic E-state index is 0. The molecule has 6 nitrogen and oxygen atoms in total. The van der Waals surface area contributed by atoms with Gasteiger partial charge in [-0.25, -0.2) is 8.42 Å². The van der Waals surface area contributed by atoms with Gasteiger partial charge in [-0.2, -0.15) is 0 Å². The Hall–Kier alpha value is -1.31. The molecule has 2 saturated heterocycles. The Labute approximate surface area is 168 Å². The second kappa shape index (κ2) is 8.80. The third kappa shape index (κ3) is 4.76. The van der Waals surface area contributed by atoms with E-state index in [-0.39, 0.29) is 24.4 Å². The molecule has 2 aliphatic heterocycles. The van der Waals surface area contributed by atoms with E-state index in [1.807, 2.05) is 31.2 Å². The van der Waals surface area contributed by atoms with Crippen LogP contribution in [0.15, 0.2) is 24.3 Å². The van der Waals surface area contributed by atoms with Crippen molar-refractivity contribution in [2.75, 3.05) is 32.4 Å². The van der Waals surface area contributed by atoms with Crippen molar-refractivity contribution < 1.29 is 17.9 Å². The number of carbonyl (C=O) groups excluding carboxylic acids is 1. The molecule has 2 aliphatic rings. The van der Waals surface area contributed by atoms with Gasteiger partial charge >= 0.3 is 0 Å². The quantitative estimate of drug-likeness (QED) is 0.811. The summed E-state index contributed by atoms with van der Waals surface area (Å²) in [6, 6.07) is 7.95. The largest absolute Gasteiger partial charge is 0.490 e. The molecule has 1 aromatic rings. The number of amides is 1. The van der Waals surface area contributed by atoms with Gasteiger partial charge in [0.2, 0.25) is 5.91 Å². The standard InChI is InChI=1S/C19H28N2O4S.ClH/c1-15-3-5-16(6-4-15)25-17-7-13-21(14-8-17)18(22)19(26(2,23)24)9-11-20-12-10-19;/h3-6,17,20H,7-14H2,1-2H3;1H. The fourth-order valence-electron chi connectivity index (χ4n) is 3.85. The van der Waals surface area contributed by atoms with E-state index in [0.717, 1.165) is 18.6 Å². The molecule has 3 rings (SSSR count). The molecule has 1 amide bonds. The number of nitrogens with zero attached hydrogens (tertiary/aromatic N) is 1. The minimum Gasteiger partial charge on any atom is -0.490 e. The molecule has 0 bridgehead atoms. The maximum absolute atomic E-state index is 13.1. The Morgan fingerprint density at radius 2 is 1.70 bits per heavy atom. The molecule has 0 saturated carbocycles. The highest BCUT2D eigenvalue weighted by atomic mass is 35.5. The van der Waals surface area contributed by atoms with Crippen LogP contribution in [0.2, 0.25) is 0 Å². The molecule has 0 atom stereocenters. The predicted octanol–water partition coefficient (Wildman–Crippen LogP) is 1.95. The van der Waals surface area contributed by atoms with Gasteiger partial charge in [0.1, 0.15) is 11.9 Å². The number of hydrogen-bond acceptors (Lipinski definition) is 5. The lowest BCUT2D eigenvalue weighted by Gasteiger charge is -2.41. The number of carbonyl (C=O) groups is 1. The highest BCUT2D eigenvalue weighted by Crippen LogP contribution is 2.31. The number of ether oxygens (including phenoxy) is 1. The summed E-state index contributed by atoms with van der Waals surface area (Å²) in [5.41, 5.74) is 1.19. The summed E-state index contributed by atoms with van der Waals surface area (Å²) in [4.78, 5) is 14.8. The molecule has 27 heavy (non-hydrogen) atoms. The van der Waals surface area contributed by atoms with E-state index in [4.69, 9.17) is 4.74 Å². The van der Waals surface area contributed by atoms with Crippen LogP contribution in [-0.2, 0) is 14.6 Å². The van der Waals surface area contributed by atoms with Gasteiger partial charge in [-0.15, -0.1) is 12.4 Å². The first-order valence-corrected chi connectivity index (χ1v) is 11.1. The third-order valence-electron chi connectivity index (χ3n) is 5.56. The highest BCUT2D eigenvalue weighted by molar-refractivity contribution is 7.92. The molecule has 2 fully saturated rings. The molecule has 0 radical (unpaired) electrons. The first kappa shape index (κ1) is 22.0. The summed E-state index contributed by atoms with van der Waals surface area (Å²) in [5.74, 6) is 0.613. The van der Waals surface area contributed by atoms with Gasteiger partial charge in [0.05, 0.1) is 0 Å². The van der Waals surface area contributed by atoms with Crippen molar-refractivity contribution in [2.45, 2.75) is 43.5 Å². The Morgan fingerprint density at radius 3 is 2.22 bits per heavy atom. The van der Waals surface area contributed by atoms with E-state index in [1.165, 1.54) is 11.8 Å².